The number of anilines is 2. The molecule has 1 aliphatic heterocycles. The first kappa shape index (κ1) is 19.5. The van der Waals surface area contributed by atoms with E-state index in [9.17, 15) is 4.79 Å². The summed E-state index contributed by atoms with van der Waals surface area (Å²) in [5.74, 6) is 0.939. The van der Waals surface area contributed by atoms with E-state index in [4.69, 9.17) is 9.47 Å². The summed E-state index contributed by atoms with van der Waals surface area (Å²) < 4.78 is 12.4. The van der Waals surface area contributed by atoms with Gasteiger partial charge in [-0.3, -0.25) is 10.3 Å². The van der Waals surface area contributed by atoms with Gasteiger partial charge in [0.1, 0.15) is 18.5 Å². The average Bonchev–Trinajstić information content (AvgIpc) is 2.63. The van der Waals surface area contributed by atoms with Gasteiger partial charge < -0.3 is 19.7 Å². The van der Waals surface area contributed by atoms with Crippen LogP contribution in [-0.4, -0.2) is 60.4 Å². The van der Waals surface area contributed by atoms with Crippen LogP contribution in [0.5, 0.6) is 5.75 Å². The molecule has 1 aliphatic rings. The molecule has 3 rings (SSSR count). The molecular formula is C18H22BrN5O3. The van der Waals surface area contributed by atoms with Crippen LogP contribution < -0.4 is 15.4 Å². The first-order valence-corrected chi connectivity index (χ1v) is 9.38. The SMILES string of the molecule is Cc1cnc(NC(=O)Nc2cc(Br)ccc2OCC2CN(C)CCO2)cn1. The fourth-order valence-electron chi connectivity index (χ4n) is 2.60. The van der Waals surface area contributed by atoms with Crippen molar-refractivity contribution in [3.05, 3.63) is 40.8 Å². The largest absolute Gasteiger partial charge is 0.489 e. The van der Waals surface area contributed by atoms with Crippen molar-refractivity contribution in [2.45, 2.75) is 13.0 Å². The van der Waals surface area contributed by atoms with Crippen LogP contribution in [0.1, 0.15) is 5.69 Å². The molecule has 2 aromatic rings. The van der Waals surface area contributed by atoms with E-state index in [1.165, 1.54) is 6.20 Å². The first-order valence-electron chi connectivity index (χ1n) is 8.59. The zero-order chi connectivity index (χ0) is 19.2. The number of carbonyl (C=O) groups is 1. The van der Waals surface area contributed by atoms with E-state index in [0.717, 1.165) is 23.3 Å². The maximum atomic E-state index is 12.3. The zero-order valence-electron chi connectivity index (χ0n) is 15.2. The van der Waals surface area contributed by atoms with Crippen LogP contribution in [0.25, 0.3) is 0 Å². The predicted molar refractivity (Wildman–Crippen MR) is 106 cm³/mol. The summed E-state index contributed by atoms with van der Waals surface area (Å²) in [5, 5.41) is 5.44. The van der Waals surface area contributed by atoms with Gasteiger partial charge in [0, 0.05) is 17.6 Å². The second-order valence-corrected chi connectivity index (χ2v) is 7.24. The van der Waals surface area contributed by atoms with Crippen molar-refractivity contribution in [2.75, 3.05) is 44.0 Å². The Kier molecular flexibility index (Phi) is 6.59. The van der Waals surface area contributed by atoms with Crippen LogP contribution in [0.15, 0.2) is 35.1 Å². The van der Waals surface area contributed by atoms with Crippen LogP contribution >= 0.6 is 15.9 Å². The zero-order valence-corrected chi connectivity index (χ0v) is 16.8. The summed E-state index contributed by atoms with van der Waals surface area (Å²) >= 11 is 3.42. The molecule has 0 radical (unpaired) electrons. The molecular weight excluding hydrogens is 414 g/mol. The lowest BCUT2D eigenvalue weighted by Gasteiger charge is -2.30. The summed E-state index contributed by atoms with van der Waals surface area (Å²) in [5.41, 5.74) is 1.32. The summed E-state index contributed by atoms with van der Waals surface area (Å²) in [6, 6.07) is 5.02. The number of morpholine rings is 1. The monoisotopic (exact) mass is 435 g/mol. The lowest BCUT2D eigenvalue weighted by molar-refractivity contribution is -0.0402. The van der Waals surface area contributed by atoms with Crippen molar-refractivity contribution in [2.24, 2.45) is 0 Å². The van der Waals surface area contributed by atoms with Gasteiger partial charge in [-0.25, -0.2) is 9.78 Å². The van der Waals surface area contributed by atoms with E-state index < -0.39 is 6.03 Å². The minimum absolute atomic E-state index is 0.00286. The molecule has 0 aliphatic carbocycles. The summed E-state index contributed by atoms with van der Waals surface area (Å²) in [7, 11) is 2.06. The summed E-state index contributed by atoms with van der Waals surface area (Å²) in [6.45, 7) is 4.66. The standard InChI is InChI=1S/C18H22BrN5O3/c1-12-8-21-17(9-20-12)23-18(25)22-15-7-13(19)3-4-16(15)27-11-14-10-24(2)5-6-26-14/h3-4,7-9,14H,5-6,10-11H2,1-2H3,(H2,21,22,23,25). The number of aryl methyl sites for hydroxylation is 1. The third-order valence-corrected chi connectivity index (χ3v) is 4.47. The molecule has 0 saturated carbocycles. The number of halogens is 1. The highest BCUT2D eigenvalue weighted by atomic mass is 79.9. The molecule has 144 valence electrons. The Bertz CT molecular complexity index is 787. The number of carbonyl (C=O) groups excluding carboxylic acids is 1. The number of nitrogens with zero attached hydrogens (tertiary/aromatic N) is 3. The normalized spacial score (nSPS) is 17.4. The van der Waals surface area contributed by atoms with Crippen LogP contribution in [-0.2, 0) is 4.74 Å². The van der Waals surface area contributed by atoms with Crippen molar-refractivity contribution in [3.63, 3.8) is 0 Å². The van der Waals surface area contributed by atoms with Gasteiger partial charge in [-0.05, 0) is 32.2 Å². The molecule has 27 heavy (non-hydrogen) atoms. The Morgan fingerprint density at radius 1 is 1.37 bits per heavy atom. The molecule has 1 unspecified atom stereocenters. The number of hydrogen-bond acceptors (Lipinski definition) is 6. The fraction of sp³-hybridized carbons (Fsp3) is 0.389. The molecule has 9 heteroatoms. The Balaban J connectivity index is 1.62. The number of rotatable bonds is 5. The smallest absolute Gasteiger partial charge is 0.325 e. The number of aromatic nitrogens is 2. The molecule has 1 aromatic carbocycles. The number of benzene rings is 1. The molecule has 1 saturated heterocycles. The van der Waals surface area contributed by atoms with Gasteiger partial charge in [0.25, 0.3) is 0 Å². The topological polar surface area (TPSA) is 88.6 Å². The lowest BCUT2D eigenvalue weighted by atomic mass is 10.2. The predicted octanol–water partition coefficient (Wildman–Crippen LogP) is 2.90. The van der Waals surface area contributed by atoms with E-state index in [-0.39, 0.29) is 6.10 Å². The Morgan fingerprint density at radius 2 is 2.22 bits per heavy atom. The molecule has 8 nitrogen and oxygen atoms in total. The molecule has 2 heterocycles. The summed E-state index contributed by atoms with van der Waals surface area (Å²) in [4.78, 5) is 22.7. The van der Waals surface area contributed by atoms with Gasteiger partial charge in [0.15, 0.2) is 5.82 Å². The second-order valence-electron chi connectivity index (χ2n) is 6.33. The Morgan fingerprint density at radius 3 is 2.96 bits per heavy atom. The minimum Gasteiger partial charge on any atom is -0.489 e. The minimum atomic E-state index is -0.426. The first-order chi connectivity index (χ1) is 13.0. The van der Waals surface area contributed by atoms with Crippen LogP contribution in [0.3, 0.4) is 0 Å². The van der Waals surface area contributed by atoms with Crippen LogP contribution in [0, 0.1) is 6.92 Å². The molecule has 0 spiro atoms. The van der Waals surface area contributed by atoms with E-state index in [0.29, 0.717) is 30.5 Å². The molecule has 1 atom stereocenters. The van der Waals surface area contributed by atoms with Gasteiger partial charge in [0.05, 0.1) is 30.4 Å². The molecule has 0 bridgehead atoms. The van der Waals surface area contributed by atoms with Gasteiger partial charge in [0.2, 0.25) is 0 Å². The van der Waals surface area contributed by atoms with Crippen LogP contribution in [0.4, 0.5) is 16.3 Å². The highest BCUT2D eigenvalue weighted by Gasteiger charge is 2.19. The van der Waals surface area contributed by atoms with Crippen molar-refractivity contribution in [1.29, 1.82) is 0 Å². The summed E-state index contributed by atoms with van der Waals surface area (Å²) in [6.07, 6.45) is 3.09. The van der Waals surface area contributed by atoms with E-state index in [2.05, 4.69) is 48.5 Å². The van der Waals surface area contributed by atoms with Gasteiger partial charge >= 0.3 is 6.03 Å². The fourth-order valence-corrected chi connectivity index (χ4v) is 2.96. The Hall–Kier alpha value is -2.23. The van der Waals surface area contributed by atoms with E-state index >= 15 is 0 Å². The number of nitrogens with one attached hydrogen (secondary N) is 2. The highest BCUT2D eigenvalue weighted by Crippen LogP contribution is 2.29. The van der Waals surface area contributed by atoms with Crippen LogP contribution in [0.2, 0.25) is 0 Å². The average molecular weight is 436 g/mol. The van der Waals surface area contributed by atoms with E-state index in [1.54, 1.807) is 18.3 Å². The molecule has 2 amide bonds. The van der Waals surface area contributed by atoms with Crippen molar-refractivity contribution in [3.8, 4) is 5.75 Å². The second kappa shape index (κ2) is 9.12. The number of hydrogen-bond donors (Lipinski definition) is 2. The lowest BCUT2D eigenvalue weighted by Crippen LogP contribution is -2.42. The van der Waals surface area contributed by atoms with Gasteiger partial charge in [-0.1, -0.05) is 15.9 Å². The third kappa shape index (κ3) is 5.88. The van der Waals surface area contributed by atoms with Gasteiger partial charge in [-0.2, -0.15) is 0 Å². The maximum absolute atomic E-state index is 12.3. The number of urea groups is 1. The highest BCUT2D eigenvalue weighted by molar-refractivity contribution is 9.10. The van der Waals surface area contributed by atoms with Crippen molar-refractivity contribution < 1.29 is 14.3 Å². The quantitative estimate of drug-likeness (QED) is 0.750. The number of ether oxygens (including phenoxy) is 2. The van der Waals surface area contributed by atoms with Gasteiger partial charge in [-0.15, -0.1) is 0 Å². The Labute approximate surface area is 166 Å². The molecule has 1 aromatic heterocycles. The molecule has 1 fully saturated rings. The molecule has 2 N–H and O–H groups in total. The number of amides is 2. The third-order valence-electron chi connectivity index (χ3n) is 3.98. The van der Waals surface area contributed by atoms with Crippen molar-refractivity contribution >= 4 is 33.5 Å². The van der Waals surface area contributed by atoms with E-state index in [1.807, 2.05) is 13.0 Å². The maximum Gasteiger partial charge on any atom is 0.325 e. The van der Waals surface area contributed by atoms with Crippen molar-refractivity contribution in [1.82, 2.24) is 14.9 Å². The number of likely N-dealkylation sites (N-methyl/N-ethyl adjacent to an activating group) is 1.